The molecule has 7 nitrogen and oxygen atoms in total. The number of nitrogens with zero attached hydrogens (tertiary/aromatic N) is 4. The summed E-state index contributed by atoms with van der Waals surface area (Å²) >= 11 is 4.68. The minimum atomic E-state index is -0.135. The molecule has 1 aliphatic carbocycles. The Balaban J connectivity index is 1.44. The second-order valence-electron chi connectivity index (χ2n) is 5.58. The number of thioether (sulfide) groups is 1. The topological polar surface area (TPSA) is 85.8 Å². The molecule has 4 rings (SSSR count). The Morgan fingerprint density at radius 1 is 1.36 bits per heavy atom. The number of hydrogen-bond acceptors (Lipinski definition) is 6. The first-order chi connectivity index (χ1) is 12.2. The van der Waals surface area contributed by atoms with Gasteiger partial charge in [0.15, 0.2) is 10.9 Å². The Morgan fingerprint density at radius 3 is 2.92 bits per heavy atom. The first-order valence-electron chi connectivity index (χ1n) is 7.73. The number of carbonyl (C=O) groups is 1. The average molecular weight is 420 g/mol. The maximum atomic E-state index is 12.1. The number of amides is 1. The fourth-order valence-corrected chi connectivity index (χ4v) is 3.41. The van der Waals surface area contributed by atoms with Crippen LogP contribution in [0.5, 0.6) is 0 Å². The summed E-state index contributed by atoms with van der Waals surface area (Å²) in [6.45, 7) is 0. The van der Waals surface area contributed by atoms with Gasteiger partial charge in [-0.25, -0.2) is 4.98 Å². The molecule has 0 spiro atoms. The van der Waals surface area contributed by atoms with Gasteiger partial charge in [-0.15, -0.1) is 10.2 Å². The first-order valence-corrected chi connectivity index (χ1v) is 9.51. The van der Waals surface area contributed by atoms with Crippen LogP contribution in [-0.4, -0.2) is 31.4 Å². The molecule has 1 saturated carbocycles. The van der Waals surface area contributed by atoms with Crippen LogP contribution in [0.2, 0.25) is 0 Å². The van der Waals surface area contributed by atoms with Gasteiger partial charge >= 0.3 is 0 Å². The highest BCUT2D eigenvalue weighted by Crippen LogP contribution is 2.41. The SMILES string of the molecule is O=C(CSc1nnc(-c2ccco2)n1C1CC1)Nc1ccc(Br)cn1. The number of rotatable bonds is 6. The van der Waals surface area contributed by atoms with Gasteiger partial charge in [-0.05, 0) is 53.0 Å². The van der Waals surface area contributed by atoms with Gasteiger partial charge in [-0.2, -0.15) is 0 Å². The second kappa shape index (κ2) is 7.01. The number of furan rings is 1. The summed E-state index contributed by atoms with van der Waals surface area (Å²) < 4.78 is 8.37. The summed E-state index contributed by atoms with van der Waals surface area (Å²) in [5.74, 6) is 2.03. The molecule has 0 atom stereocenters. The van der Waals surface area contributed by atoms with Crippen molar-refractivity contribution in [2.45, 2.75) is 24.0 Å². The van der Waals surface area contributed by atoms with Crippen molar-refractivity contribution in [2.24, 2.45) is 0 Å². The third kappa shape index (κ3) is 3.77. The monoisotopic (exact) mass is 419 g/mol. The van der Waals surface area contributed by atoms with Crippen LogP contribution in [0.25, 0.3) is 11.6 Å². The van der Waals surface area contributed by atoms with Crippen LogP contribution in [0.1, 0.15) is 18.9 Å². The molecule has 1 amide bonds. The van der Waals surface area contributed by atoms with Crippen LogP contribution in [0.3, 0.4) is 0 Å². The molecular weight excluding hydrogens is 406 g/mol. The number of anilines is 1. The number of pyridine rings is 1. The fourth-order valence-electron chi connectivity index (χ4n) is 2.37. The zero-order valence-corrected chi connectivity index (χ0v) is 15.5. The van der Waals surface area contributed by atoms with E-state index in [1.165, 1.54) is 11.8 Å². The standard InChI is InChI=1S/C16H14BrN5O2S/c17-10-3-6-13(18-8-10)19-14(23)9-25-16-21-20-15(12-2-1-7-24-12)22(16)11-4-5-11/h1-3,6-8,11H,4-5,9H2,(H,18,19,23). The molecule has 128 valence electrons. The Hall–Kier alpha value is -2.13. The van der Waals surface area contributed by atoms with Crippen LogP contribution in [0, 0.1) is 0 Å². The van der Waals surface area contributed by atoms with E-state index in [2.05, 4.69) is 41.0 Å². The third-order valence-corrected chi connectivity index (χ3v) is 5.06. The zero-order chi connectivity index (χ0) is 17.2. The molecule has 1 N–H and O–H groups in total. The zero-order valence-electron chi connectivity index (χ0n) is 13.1. The molecule has 25 heavy (non-hydrogen) atoms. The van der Waals surface area contributed by atoms with Crippen molar-refractivity contribution in [1.29, 1.82) is 0 Å². The van der Waals surface area contributed by atoms with E-state index in [-0.39, 0.29) is 11.7 Å². The van der Waals surface area contributed by atoms with Crippen molar-refractivity contribution >= 4 is 39.4 Å². The molecule has 1 fully saturated rings. The highest BCUT2D eigenvalue weighted by atomic mass is 79.9. The summed E-state index contributed by atoms with van der Waals surface area (Å²) in [5.41, 5.74) is 0. The van der Waals surface area contributed by atoms with Crippen LogP contribution in [0.15, 0.2) is 50.8 Å². The van der Waals surface area contributed by atoms with Crippen LogP contribution < -0.4 is 5.32 Å². The van der Waals surface area contributed by atoms with Crippen LogP contribution in [-0.2, 0) is 4.79 Å². The molecule has 0 aromatic carbocycles. The molecule has 3 aromatic rings. The lowest BCUT2D eigenvalue weighted by Gasteiger charge is -2.07. The van der Waals surface area contributed by atoms with Crippen LogP contribution >= 0.6 is 27.7 Å². The number of nitrogens with one attached hydrogen (secondary N) is 1. The van der Waals surface area contributed by atoms with Gasteiger partial charge in [0.05, 0.1) is 12.0 Å². The minimum absolute atomic E-state index is 0.135. The Bertz CT molecular complexity index is 875. The number of halogens is 1. The van der Waals surface area contributed by atoms with Gasteiger partial charge < -0.3 is 9.73 Å². The highest BCUT2D eigenvalue weighted by molar-refractivity contribution is 9.10. The molecule has 0 saturated heterocycles. The molecular formula is C16H14BrN5O2S. The predicted octanol–water partition coefficient (Wildman–Crippen LogP) is 3.76. The number of hydrogen-bond donors (Lipinski definition) is 1. The second-order valence-corrected chi connectivity index (χ2v) is 7.44. The van der Waals surface area contributed by atoms with Crippen molar-refractivity contribution in [3.63, 3.8) is 0 Å². The van der Waals surface area contributed by atoms with Crippen molar-refractivity contribution in [3.8, 4) is 11.6 Å². The lowest BCUT2D eigenvalue weighted by molar-refractivity contribution is -0.113. The summed E-state index contributed by atoms with van der Waals surface area (Å²) in [5, 5.41) is 12.0. The Kier molecular flexibility index (Phi) is 4.58. The largest absolute Gasteiger partial charge is 0.461 e. The van der Waals surface area contributed by atoms with E-state index in [9.17, 15) is 4.79 Å². The smallest absolute Gasteiger partial charge is 0.236 e. The maximum absolute atomic E-state index is 12.1. The van der Waals surface area contributed by atoms with Gasteiger partial charge in [0.2, 0.25) is 11.7 Å². The minimum Gasteiger partial charge on any atom is -0.461 e. The molecule has 3 heterocycles. The van der Waals surface area contributed by atoms with Crippen molar-refractivity contribution in [2.75, 3.05) is 11.1 Å². The fraction of sp³-hybridized carbons (Fsp3) is 0.250. The van der Waals surface area contributed by atoms with Gasteiger partial charge in [-0.1, -0.05) is 11.8 Å². The summed E-state index contributed by atoms with van der Waals surface area (Å²) in [7, 11) is 0. The van der Waals surface area contributed by atoms with E-state index in [1.807, 2.05) is 18.2 Å². The molecule has 0 bridgehead atoms. The molecule has 0 aliphatic heterocycles. The number of aromatic nitrogens is 4. The third-order valence-electron chi connectivity index (χ3n) is 3.65. The first kappa shape index (κ1) is 16.3. The maximum Gasteiger partial charge on any atom is 0.236 e. The van der Waals surface area contributed by atoms with Crippen molar-refractivity contribution in [3.05, 3.63) is 41.2 Å². The molecule has 9 heteroatoms. The quantitative estimate of drug-likeness (QED) is 0.612. The summed E-state index contributed by atoms with van der Waals surface area (Å²) in [6, 6.07) is 7.65. The number of carbonyl (C=O) groups excluding carboxylic acids is 1. The van der Waals surface area contributed by atoms with Gasteiger partial charge in [0.1, 0.15) is 5.82 Å². The van der Waals surface area contributed by atoms with Gasteiger partial charge in [0.25, 0.3) is 0 Å². The van der Waals surface area contributed by atoms with E-state index in [1.54, 1.807) is 18.5 Å². The van der Waals surface area contributed by atoms with Crippen LogP contribution in [0.4, 0.5) is 5.82 Å². The highest BCUT2D eigenvalue weighted by Gasteiger charge is 2.31. The van der Waals surface area contributed by atoms with E-state index in [4.69, 9.17) is 4.42 Å². The van der Waals surface area contributed by atoms with E-state index < -0.39 is 0 Å². The normalized spacial score (nSPS) is 13.8. The Morgan fingerprint density at radius 2 is 2.24 bits per heavy atom. The van der Waals surface area contributed by atoms with Gasteiger partial charge in [0, 0.05) is 16.7 Å². The lowest BCUT2D eigenvalue weighted by Crippen LogP contribution is -2.15. The van der Waals surface area contributed by atoms with Gasteiger partial charge in [-0.3, -0.25) is 9.36 Å². The average Bonchev–Trinajstić information content (AvgIpc) is 3.13. The lowest BCUT2D eigenvalue weighted by atomic mass is 10.4. The van der Waals surface area contributed by atoms with Crippen molar-refractivity contribution < 1.29 is 9.21 Å². The molecule has 3 aromatic heterocycles. The van der Waals surface area contributed by atoms with E-state index in [0.717, 1.165) is 22.5 Å². The summed E-state index contributed by atoms with van der Waals surface area (Å²) in [4.78, 5) is 16.3. The van der Waals surface area contributed by atoms with Crippen molar-refractivity contribution in [1.82, 2.24) is 19.7 Å². The van der Waals surface area contributed by atoms with E-state index in [0.29, 0.717) is 23.4 Å². The Labute approximate surface area is 156 Å². The molecule has 0 radical (unpaired) electrons. The van der Waals surface area contributed by atoms with E-state index >= 15 is 0 Å². The molecule has 0 unspecified atom stereocenters. The summed E-state index contributed by atoms with van der Waals surface area (Å²) in [6.07, 6.45) is 5.44. The predicted molar refractivity (Wildman–Crippen MR) is 97.3 cm³/mol. The molecule has 1 aliphatic rings.